The van der Waals surface area contributed by atoms with Crippen LogP contribution in [0.4, 0.5) is 13.2 Å². The summed E-state index contributed by atoms with van der Waals surface area (Å²) in [6, 6.07) is 3.42. The van der Waals surface area contributed by atoms with Crippen molar-refractivity contribution in [1.29, 1.82) is 0 Å². The van der Waals surface area contributed by atoms with Gasteiger partial charge in [0.15, 0.2) is 0 Å². The van der Waals surface area contributed by atoms with Crippen LogP contribution in [-0.2, 0) is 9.53 Å². The van der Waals surface area contributed by atoms with Crippen molar-refractivity contribution in [2.75, 3.05) is 6.61 Å². The first kappa shape index (κ1) is 15.4. The minimum Gasteiger partial charge on any atom is -0.463 e. The molecule has 0 saturated heterocycles. The molecular weight excluding hydrogens is 285 g/mol. The average Bonchev–Trinajstić information content (AvgIpc) is 2.26. The van der Waals surface area contributed by atoms with Gasteiger partial charge in [0.25, 0.3) is 0 Å². The van der Waals surface area contributed by atoms with Crippen LogP contribution in [0.3, 0.4) is 0 Å². The van der Waals surface area contributed by atoms with E-state index in [4.69, 9.17) is 11.6 Å². The highest BCUT2D eigenvalue weighted by Gasteiger charge is 2.31. The van der Waals surface area contributed by atoms with Gasteiger partial charge in [0, 0.05) is 6.08 Å². The normalized spacial score (nSPS) is 11.6. The van der Waals surface area contributed by atoms with Crippen LogP contribution in [-0.4, -0.2) is 18.9 Å². The van der Waals surface area contributed by atoms with Crippen LogP contribution >= 0.6 is 11.6 Å². The van der Waals surface area contributed by atoms with E-state index in [9.17, 15) is 18.0 Å². The maximum Gasteiger partial charge on any atom is 0.573 e. The number of esters is 1. The quantitative estimate of drug-likeness (QED) is 0.625. The van der Waals surface area contributed by atoms with Gasteiger partial charge in [0.1, 0.15) is 5.75 Å². The zero-order chi connectivity index (χ0) is 14.5. The second-order valence-corrected chi connectivity index (χ2v) is 3.72. The third-order valence-electron chi connectivity index (χ3n) is 1.89. The Bertz CT molecular complexity index is 484. The molecular formula is C12H10ClF3O3. The van der Waals surface area contributed by atoms with Gasteiger partial charge in [0.2, 0.25) is 0 Å². The Hall–Kier alpha value is -1.69. The van der Waals surface area contributed by atoms with Gasteiger partial charge in [0.05, 0.1) is 11.6 Å². The Labute approximate surface area is 112 Å². The molecule has 104 valence electrons. The van der Waals surface area contributed by atoms with E-state index in [1.54, 1.807) is 6.92 Å². The van der Waals surface area contributed by atoms with Crippen molar-refractivity contribution in [2.45, 2.75) is 13.3 Å². The van der Waals surface area contributed by atoms with Crippen molar-refractivity contribution in [3.8, 4) is 5.75 Å². The zero-order valence-electron chi connectivity index (χ0n) is 9.83. The second kappa shape index (κ2) is 6.47. The SMILES string of the molecule is CCOC(=O)/C=C\c1ccc(OC(F)(F)F)cc1Cl. The Morgan fingerprint density at radius 2 is 2.11 bits per heavy atom. The number of alkyl halides is 3. The number of halogens is 4. The summed E-state index contributed by atoms with van der Waals surface area (Å²) in [7, 11) is 0. The summed E-state index contributed by atoms with van der Waals surface area (Å²) in [4.78, 5) is 11.1. The number of rotatable bonds is 4. The molecule has 0 unspecified atom stereocenters. The van der Waals surface area contributed by atoms with E-state index in [1.165, 1.54) is 12.1 Å². The van der Waals surface area contributed by atoms with Crippen molar-refractivity contribution in [3.63, 3.8) is 0 Å². The van der Waals surface area contributed by atoms with Gasteiger partial charge in [-0.3, -0.25) is 0 Å². The Morgan fingerprint density at radius 3 is 2.63 bits per heavy atom. The fraction of sp³-hybridized carbons (Fsp3) is 0.250. The fourth-order valence-corrected chi connectivity index (χ4v) is 1.42. The molecule has 0 N–H and O–H groups in total. The third kappa shape index (κ3) is 5.65. The lowest BCUT2D eigenvalue weighted by atomic mass is 10.2. The van der Waals surface area contributed by atoms with Gasteiger partial charge in [-0.1, -0.05) is 11.6 Å². The van der Waals surface area contributed by atoms with Gasteiger partial charge in [-0.2, -0.15) is 0 Å². The number of carbonyl (C=O) groups excluding carboxylic acids is 1. The molecule has 0 aliphatic carbocycles. The number of carbonyl (C=O) groups is 1. The largest absolute Gasteiger partial charge is 0.573 e. The summed E-state index contributed by atoms with van der Waals surface area (Å²) >= 11 is 5.77. The zero-order valence-corrected chi connectivity index (χ0v) is 10.6. The molecule has 1 aromatic carbocycles. The fourth-order valence-electron chi connectivity index (χ4n) is 1.19. The predicted octanol–water partition coefficient (Wildman–Crippen LogP) is 3.81. The second-order valence-electron chi connectivity index (χ2n) is 3.32. The summed E-state index contributed by atoms with van der Waals surface area (Å²) in [5.41, 5.74) is 0.379. The molecule has 0 spiro atoms. The molecule has 3 nitrogen and oxygen atoms in total. The number of hydrogen-bond donors (Lipinski definition) is 0. The summed E-state index contributed by atoms with van der Waals surface area (Å²) in [5, 5.41) is 0.0299. The van der Waals surface area contributed by atoms with E-state index < -0.39 is 18.1 Å². The van der Waals surface area contributed by atoms with E-state index in [0.29, 0.717) is 5.56 Å². The van der Waals surface area contributed by atoms with E-state index >= 15 is 0 Å². The van der Waals surface area contributed by atoms with E-state index in [-0.39, 0.29) is 11.6 Å². The first-order chi connectivity index (χ1) is 8.81. The maximum atomic E-state index is 12.0. The molecule has 19 heavy (non-hydrogen) atoms. The van der Waals surface area contributed by atoms with Crippen LogP contribution in [0.1, 0.15) is 12.5 Å². The van der Waals surface area contributed by atoms with Gasteiger partial charge >= 0.3 is 12.3 Å². The number of ether oxygens (including phenoxy) is 2. The minimum absolute atomic E-state index is 0.0299. The summed E-state index contributed by atoms with van der Waals surface area (Å²) < 4.78 is 44.3. The summed E-state index contributed by atoms with van der Waals surface area (Å²) in [6.07, 6.45) is -2.29. The van der Waals surface area contributed by atoms with Crippen LogP contribution in [0, 0.1) is 0 Å². The van der Waals surface area contributed by atoms with E-state index in [0.717, 1.165) is 18.2 Å². The molecule has 0 atom stereocenters. The van der Waals surface area contributed by atoms with Crippen molar-refractivity contribution < 1.29 is 27.4 Å². The molecule has 1 rings (SSSR count). The van der Waals surface area contributed by atoms with Gasteiger partial charge in [-0.05, 0) is 36.8 Å². The topological polar surface area (TPSA) is 35.5 Å². The van der Waals surface area contributed by atoms with Crippen LogP contribution in [0.25, 0.3) is 6.08 Å². The number of hydrogen-bond acceptors (Lipinski definition) is 3. The van der Waals surface area contributed by atoms with Gasteiger partial charge < -0.3 is 9.47 Å². The predicted molar refractivity (Wildman–Crippen MR) is 63.8 cm³/mol. The first-order valence-corrected chi connectivity index (χ1v) is 5.59. The molecule has 1 aromatic rings. The molecule has 0 bridgehead atoms. The van der Waals surface area contributed by atoms with Crippen molar-refractivity contribution >= 4 is 23.6 Å². The average molecular weight is 295 g/mol. The molecule has 0 fully saturated rings. The van der Waals surface area contributed by atoms with E-state index in [1.807, 2.05) is 0 Å². The summed E-state index contributed by atoms with van der Waals surface area (Å²) in [5.74, 6) is -0.986. The van der Waals surface area contributed by atoms with Crippen molar-refractivity contribution in [2.24, 2.45) is 0 Å². The summed E-state index contributed by atoms with van der Waals surface area (Å²) in [6.45, 7) is 1.89. The Morgan fingerprint density at radius 1 is 1.42 bits per heavy atom. The minimum atomic E-state index is -4.77. The monoisotopic (exact) mass is 294 g/mol. The molecule has 0 amide bonds. The molecule has 7 heteroatoms. The molecule has 0 heterocycles. The highest BCUT2D eigenvalue weighted by molar-refractivity contribution is 6.32. The smallest absolute Gasteiger partial charge is 0.463 e. The molecule has 0 radical (unpaired) electrons. The van der Waals surface area contributed by atoms with Crippen molar-refractivity contribution in [1.82, 2.24) is 0 Å². The lowest BCUT2D eigenvalue weighted by Crippen LogP contribution is -2.17. The molecule has 0 saturated carbocycles. The third-order valence-corrected chi connectivity index (χ3v) is 2.22. The molecule has 0 aromatic heterocycles. The Balaban J connectivity index is 2.80. The lowest BCUT2D eigenvalue weighted by Gasteiger charge is -2.09. The van der Waals surface area contributed by atoms with Crippen LogP contribution < -0.4 is 4.74 Å². The first-order valence-electron chi connectivity index (χ1n) is 5.22. The van der Waals surface area contributed by atoms with E-state index in [2.05, 4.69) is 9.47 Å². The van der Waals surface area contributed by atoms with Gasteiger partial charge in [-0.25, -0.2) is 4.79 Å². The number of benzene rings is 1. The van der Waals surface area contributed by atoms with Crippen LogP contribution in [0.5, 0.6) is 5.75 Å². The van der Waals surface area contributed by atoms with Crippen molar-refractivity contribution in [3.05, 3.63) is 34.9 Å². The standard InChI is InChI=1S/C12H10ClF3O3/c1-2-18-11(17)6-4-8-3-5-9(7-10(8)13)19-12(14,15)16/h3-7H,2H2,1H3/b6-4-. The Kier molecular flexibility index (Phi) is 5.23. The lowest BCUT2D eigenvalue weighted by molar-refractivity contribution is -0.274. The van der Waals surface area contributed by atoms with Crippen LogP contribution in [0.15, 0.2) is 24.3 Å². The highest BCUT2D eigenvalue weighted by Crippen LogP contribution is 2.28. The van der Waals surface area contributed by atoms with Crippen LogP contribution in [0.2, 0.25) is 5.02 Å². The highest BCUT2D eigenvalue weighted by atomic mass is 35.5. The molecule has 0 aliphatic heterocycles. The maximum absolute atomic E-state index is 12.0. The van der Waals surface area contributed by atoms with Gasteiger partial charge in [-0.15, -0.1) is 13.2 Å². The molecule has 0 aliphatic rings.